The number of rotatable bonds is 0. The maximum atomic E-state index is 9.05. The first-order chi connectivity index (χ1) is 4.00. The summed E-state index contributed by atoms with van der Waals surface area (Å²) in [5.74, 6) is 0. The molecule has 0 spiro atoms. The Morgan fingerprint density at radius 2 is 0.818 bits per heavy atom. The van der Waals surface area contributed by atoms with Crippen LogP contribution in [0.15, 0.2) is 0 Å². The van der Waals surface area contributed by atoms with E-state index in [1.165, 1.54) is 0 Å². The van der Waals surface area contributed by atoms with Crippen LogP contribution in [-0.4, -0.2) is 25.9 Å². The van der Waals surface area contributed by atoms with Gasteiger partial charge in [-0.1, -0.05) is 0 Å². The standard InChI is InChI=1S/H3N.2H2O3S2/c;2*1-5(2,3)4/h1H3;2*(H2,1,2,3,4). The van der Waals surface area contributed by atoms with Gasteiger partial charge in [0.1, 0.15) is 0 Å². The van der Waals surface area contributed by atoms with Crippen LogP contribution in [0.3, 0.4) is 0 Å². The third kappa shape index (κ3) is 3270. The lowest BCUT2D eigenvalue weighted by molar-refractivity contribution is 0.501. The van der Waals surface area contributed by atoms with Gasteiger partial charge in [-0.3, -0.25) is 9.11 Å². The second kappa shape index (κ2) is 6.05. The topological polar surface area (TPSA) is 144 Å². The molecule has 0 amide bonds. The fourth-order valence-corrected chi connectivity index (χ4v) is 0. The van der Waals surface area contributed by atoms with Crippen molar-refractivity contribution in [3.63, 3.8) is 0 Å². The molecule has 0 aliphatic rings. The molecule has 11 heteroatoms. The fraction of sp³-hybridized carbons (Fsp3) is 0. The van der Waals surface area contributed by atoms with Gasteiger partial charge in [0.15, 0.2) is 0 Å². The highest BCUT2D eigenvalue weighted by Gasteiger charge is 1.83. The molecular weight excluding hydrogens is 238 g/mol. The Hall–Kier alpha value is 0.480. The number of thiol groups is 2. The van der Waals surface area contributed by atoms with E-state index in [0.717, 1.165) is 0 Å². The Balaban J connectivity index is -0.000000107. The van der Waals surface area contributed by atoms with E-state index >= 15 is 0 Å². The molecule has 11 heavy (non-hydrogen) atoms. The van der Waals surface area contributed by atoms with Gasteiger partial charge < -0.3 is 6.15 Å². The van der Waals surface area contributed by atoms with Crippen molar-refractivity contribution in [1.82, 2.24) is 6.15 Å². The zero-order valence-corrected chi connectivity index (χ0v) is 8.37. The minimum absolute atomic E-state index is 0. The molecule has 0 aromatic rings. The summed E-state index contributed by atoms with van der Waals surface area (Å²) in [6, 6.07) is 0. The van der Waals surface area contributed by atoms with Gasteiger partial charge in [-0.2, -0.15) is 16.8 Å². The van der Waals surface area contributed by atoms with Crippen molar-refractivity contribution in [1.29, 1.82) is 0 Å². The summed E-state index contributed by atoms with van der Waals surface area (Å²) in [7, 11) is -7.94. The van der Waals surface area contributed by atoms with E-state index in [2.05, 4.69) is 23.3 Å². The lowest BCUT2D eigenvalue weighted by Crippen LogP contribution is -1.78. The molecule has 0 saturated carbocycles. The SMILES string of the molecule is N.O=S(=O)(O)S.O=S(=O)(O)S. The summed E-state index contributed by atoms with van der Waals surface area (Å²) in [5, 5.41) is 0. The van der Waals surface area contributed by atoms with Gasteiger partial charge in [0.25, 0.3) is 0 Å². The van der Waals surface area contributed by atoms with Crippen molar-refractivity contribution in [2.45, 2.75) is 0 Å². The highest BCUT2D eigenvalue weighted by Crippen LogP contribution is 1.81. The van der Waals surface area contributed by atoms with Crippen LogP contribution in [0.4, 0.5) is 0 Å². The maximum Gasteiger partial charge on any atom is 0.316 e. The second-order valence-corrected chi connectivity index (χ2v) is 5.46. The second-order valence-electron chi connectivity index (χ2n) is 0.896. The predicted octanol–water partition coefficient (Wildman–Crippen LogP) is -0.400. The fourth-order valence-electron chi connectivity index (χ4n) is 0. The van der Waals surface area contributed by atoms with Crippen LogP contribution in [0.1, 0.15) is 0 Å². The number of hydrogen-bond acceptors (Lipinski definition) is 5. The van der Waals surface area contributed by atoms with Crippen LogP contribution >= 0.6 is 23.3 Å². The van der Waals surface area contributed by atoms with Crippen molar-refractivity contribution >= 4 is 41.6 Å². The van der Waals surface area contributed by atoms with Crippen LogP contribution in [0.5, 0.6) is 0 Å². The lowest BCUT2D eigenvalue weighted by Gasteiger charge is -1.67. The number of hydrogen-bond donors (Lipinski definition) is 5. The molecule has 0 heterocycles. The lowest BCUT2D eigenvalue weighted by atomic mass is 14.0. The summed E-state index contributed by atoms with van der Waals surface area (Å²) < 4.78 is 50.9. The Morgan fingerprint density at radius 3 is 0.818 bits per heavy atom. The van der Waals surface area contributed by atoms with Crippen LogP contribution in [0, 0.1) is 0 Å². The molecule has 0 aromatic carbocycles. The third-order valence-electron chi connectivity index (χ3n) is 0. The first-order valence-electron chi connectivity index (χ1n) is 1.40. The summed E-state index contributed by atoms with van der Waals surface area (Å²) in [5.41, 5.74) is 0. The highest BCUT2D eigenvalue weighted by atomic mass is 33.1. The van der Waals surface area contributed by atoms with Gasteiger partial charge >= 0.3 is 18.3 Å². The van der Waals surface area contributed by atoms with Crippen LogP contribution in [0.2, 0.25) is 0 Å². The monoisotopic (exact) mass is 245 g/mol. The Labute approximate surface area is 73.9 Å². The third-order valence-corrected chi connectivity index (χ3v) is 0. The Morgan fingerprint density at radius 1 is 0.818 bits per heavy atom. The molecule has 7 nitrogen and oxygen atoms in total. The van der Waals surface area contributed by atoms with E-state index in [0.29, 0.717) is 0 Å². The molecule has 0 fully saturated rings. The molecule has 0 aliphatic carbocycles. The molecule has 72 valence electrons. The average Bonchev–Trinajstić information content (AvgIpc) is 1.12. The smallest absolute Gasteiger partial charge is 0.316 e. The van der Waals surface area contributed by atoms with Gasteiger partial charge in [0.05, 0.1) is 0 Å². The minimum atomic E-state index is -3.97. The highest BCUT2D eigenvalue weighted by molar-refractivity contribution is 8.61. The summed E-state index contributed by atoms with van der Waals surface area (Å²) in [4.78, 5) is 0. The molecular formula is H7NO6S4. The molecule has 5 N–H and O–H groups in total. The van der Waals surface area contributed by atoms with E-state index in [1.807, 2.05) is 0 Å². The Bertz CT molecular complexity index is 211. The van der Waals surface area contributed by atoms with E-state index < -0.39 is 18.3 Å². The maximum absolute atomic E-state index is 9.05. The first-order valence-corrected chi connectivity index (χ1v) is 6.38. The molecule has 0 radical (unpaired) electrons. The summed E-state index contributed by atoms with van der Waals surface area (Å²) in [6.07, 6.45) is 0. The Kier molecular flexibility index (Phi) is 9.64. The zero-order valence-electron chi connectivity index (χ0n) is 4.95. The van der Waals surface area contributed by atoms with E-state index in [9.17, 15) is 0 Å². The minimum Gasteiger partial charge on any atom is -0.344 e. The van der Waals surface area contributed by atoms with E-state index in [1.54, 1.807) is 0 Å². The van der Waals surface area contributed by atoms with Crippen LogP contribution < -0.4 is 6.15 Å². The summed E-state index contributed by atoms with van der Waals surface area (Å²) in [6.45, 7) is 0. The van der Waals surface area contributed by atoms with E-state index in [-0.39, 0.29) is 6.15 Å². The molecule has 0 rings (SSSR count). The van der Waals surface area contributed by atoms with Crippen molar-refractivity contribution in [3.05, 3.63) is 0 Å². The molecule has 0 saturated heterocycles. The molecule has 0 unspecified atom stereocenters. The van der Waals surface area contributed by atoms with E-state index in [4.69, 9.17) is 25.9 Å². The van der Waals surface area contributed by atoms with Crippen molar-refractivity contribution in [3.8, 4) is 0 Å². The van der Waals surface area contributed by atoms with Gasteiger partial charge in [-0.15, -0.1) is 0 Å². The van der Waals surface area contributed by atoms with Crippen LogP contribution in [-0.2, 0) is 18.3 Å². The normalized spacial score (nSPS) is 10.5. The molecule has 0 aromatic heterocycles. The summed E-state index contributed by atoms with van der Waals surface area (Å²) >= 11 is 5.30. The average molecular weight is 245 g/mol. The molecule has 0 bridgehead atoms. The van der Waals surface area contributed by atoms with Gasteiger partial charge in [-0.25, -0.2) is 0 Å². The van der Waals surface area contributed by atoms with Crippen LogP contribution in [0.25, 0.3) is 0 Å². The molecule has 0 atom stereocenters. The van der Waals surface area contributed by atoms with Gasteiger partial charge in [0.2, 0.25) is 0 Å². The largest absolute Gasteiger partial charge is 0.344 e. The molecule has 0 aliphatic heterocycles. The van der Waals surface area contributed by atoms with Gasteiger partial charge in [0, 0.05) is 0 Å². The zero-order chi connectivity index (χ0) is 9.00. The quantitative estimate of drug-likeness (QED) is 0.222. The van der Waals surface area contributed by atoms with Gasteiger partial charge in [-0.05, 0) is 23.3 Å². The predicted molar refractivity (Wildman–Crippen MR) is 46.1 cm³/mol. The first kappa shape index (κ1) is 17.5. The van der Waals surface area contributed by atoms with Crippen molar-refractivity contribution < 1.29 is 25.9 Å². The van der Waals surface area contributed by atoms with Crippen molar-refractivity contribution in [2.75, 3.05) is 0 Å². The van der Waals surface area contributed by atoms with Crippen molar-refractivity contribution in [2.24, 2.45) is 0 Å².